The van der Waals surface area contributed by atoms with E-state index >= 15 is 0 Å². The summed E-state index contributed by atoms with van der Waals surface area (Å²) in [5.41, 5.74) is 1.31. The molecule has 9 heteroatoms. The standard InChI is InChI=1S/C24H21F3N4OS/c1-30(2)18-8-11-21(20(13-18)24(25,26)27)29-23(32)16-6-9-19(10-7-16)33-15-17-14-31-12-4-3-5-22(31)28-17/h3-14H,15H2,1-2H3,(H,29,32). The van der Waals surface area contributed by atoms with Crippen LogP contribution >= 0.6 is 11.8 Å². The van der Waals surface area contributed by atoms with Gasteiger partial charge in [-0.25, -0.2) is 4.98 Å². The molecule has 2 heterocycles. The normalized spacial score (nSPS) is 11.5. The highest BCUT2D eigenvalue weighted by Crippen LogP contribution is 2.37. The van der Waals surface area contributed by atoms with E-state index < -0.39 is 17.6 Å². The molecule has 4 aromatic rings. The lowest BCUT2D eigenvalue weighted by Crippen LogP contribution is -2.18. The van der Waals surface area contributed by atoms with Crippen LogP contribution in [0.2, 0.25) is 0 Å². The Morgan fingerprint density at radius 2 is 1.85 bits per heavy atom. The first-order valence-electron chi connectivity index (χ1n) is 10.1. The number of alkyl halides is 3. The molecule has 1 amide bonds. The van der Waals surface area contributed by atoms with Crippen molar-refractivity contribution in [2.45, 2.75) is 16.8 Å². The Hall–Kier alpha value is -3.46. The maximum absolute atomic E-state index is 13.5. The third-order valence-electron chi connectivity index (χ3n) is 4.99. The fourth-order valence-corrected chi connectivity index (χ4v) is 4.05. The molecule has 0 saturated carbocycles. The van der Waals surface area contributed by atoms with E-state index in [4.69, 9.17) is 0 Å². The van der Waals surface area contributed by atoms with Gasteiger partial charge in [0.25, 0.3) is 5.91 Å². The van der Waals surface area contributed by atoms with Crippen LogP contribution in [-0.2, 0) is 11.9 Å². The van der Waals surface area contributed by atoms with Crippen molar-refractivity contribution in [3.05, 3.63) is 89.9 Å². The number of rotatable bonds is 6. The molecule has 4 rings (SSSR count). The summed E-state index contributed by atoms with van der Waals surface area (Å²) in [6.07, 6.45) is -0.695. The molecular weight excluding hydrogens is 449 g/mol. The van der Waals surface area contributed by atoms with Crippen molar-refractivity contribution in [1.29, 1.82) is 0 Å². The van der Waals surface area contributed by atoms with Gasteiger partial charge in [0.2, 0.25) is 0 Å². The molecule has 0 unspecified atom stereocenters. The van der Waals surface area contributed by atoms with Crippen LogP contribution in [0.25, 0.3) is 5.65 Å². The third kappa shape index (κ3) is 5.31. The van der Waals surface area contributed by atoms with Gasteiger partial charge in [-0.3, -0.25) is 4.79 Å². The summed E-state index contributed by atoms with van der Waals surface area (Å²) in [5.74, 6) is 0.0513. The van der Waals surface area contributed by atoms with Gasteiger partial charge >= 0.3 is 6.18 Å². The molecule has 0 aliphatic rings. The molecule has 0 aliphatic carbocycles. The SMILES string of the molecule is CN(C)c1ccc(NC(=O)c2ccc(SCc3cn4ccccc4n3)cc2)c(C(F)(F)F)c1. The lowest BCUT2D eigenvalue weighted by atomic mass is 10.1. The number of thioether (sulfide) groups is 1. The summed E-state index contributed by atoms with van der Waals surface area (Å²) >= 11 is 1.56. The third-order valence-corrected chi connectivity index (χ3v) is 6.04. The zero-order chi connectivity index (χ0) is 23.6. The highest BCUT2D eigenvalue weighted by Gasteiger charge is 2.34. The monoisotopic (exact) mass is 470 g/mol. The average Bonchev–Trinajstić information content (AvgIpc) is 3.20. The molecule has 33 heavy (non-hydrogen) atoms. The van der Waals surface area contributed by atoms with Crippen molar-refractivity contribution in [2.75, 3.05) is 24.3 Å². The number of halogens is 3. The van der Waals surface area contributed by atoms with E-state index in [9.17, 15) is 18.0 Å². The number of carbonyl (C=O) groups is 1. The molecule has 0 fully saturated rings. The minimum absolute atomic E-state index is 0.275. The maximum Gasteiger partial charge on any atom is 0.418 e. The number of nitrogens with zero attached hydrogens (tertiary/aromatic N) is 3. The van der Waals surface area contributed by atoms with Crippen LogP contribution in [0.5, 0.6) is 0 Å². The van der Waals surface area contributed by atoms with Gasteiger partial charge in [-0.1, -0.05) is 6.07 Å². The summed E-state index contributed by atoms with van der Waals surface area (Å²) in [7, 11) is 3.31. The van der Waals surface area contributed by atoms with E-state index in [1.54, 1.807) is 55.0 Å². The highest BCUT2D eigenvalue weighted by atomic mass is 32.2. The zero-order valence-corrected chi connectivity index (χ0v) is 18.7. The Morgan fingerprint density at radius 1 is 1.09 bits per heavy atom. The highest BCUT2D eigenvalue weighted by molar-refractivity contribution is 7.98. The molecule has 0 aliphatic heterocycles. The summed E-state index contributed by atoms with van der Waals surface area (Å²) < 4.78 is 42.5. The van der Waals surface area contributed by atoms with E-state index in [0.29, 0.717) is 11.4 Å². The predicted octanol–water partition coefficient (Wildman–Crippen LogP) is 5.96. The largest absolute Gasteiger partial charge is 0.418 e. The Labute approximate surface area is 193 Å². The number of hydrogen-bond acceptors (Lipinski definition) is 4. The van der Waals surface area contributed by atoms with Crippen LogP contribution in [0, 0.1) is 0 Å². The molecule has 2 aromatic carbocycles. The Kier molecular flexibility index (Phi) is 6.33. The van der Waals surface area contributed by atoms with E-state index in [-0.39, 0.29) is 11.3 Å². The van der Waals surface area contributed by atoms with E-state index in [2.05, 4.69) is 10.3 Å². The van der Waals surface area contributed by atoms with Crippen LogP contribution in [0.4, 0.5) is 24.5 Å². The quantitative estimate of drug-likeness (QED) is 0.353. The number of amides is 1. The molecular formula is C24H21F3N4OS. The lowest BCUT2D eigenvalue weighted by Gasteiger charge is -2.18. The number of anilines is 2. The van der Waals surface area contributed by atoms with Crippen LogP contribution in [0.1, 0.15) is 21.6 Å². The number of benzene rings is 2. The van der Waals surface area contributed by atoms with Gasteiger partial charge in [-0.15, -0.1) is 11.8 Å². The first kappa shape index (κ1) is 22.7. The predicted molar refractivity (Wildman–Crippen MR) is 125 cm³/mol. The van der Waals surface area contributed by atoms with Crippen LogP contribution < -0.4 is 10.2 Å². The second-order valence-corrected chi connectivity index (χ2v) is 8.64. The average molecular weight is 471 g/mol. The van der Waals surface area contributed by atoms with Gasteiger partial charge in [0, 0.05) is 48.4 Å². The topological polar surface area (TPSA) is 49.6 Å². The van der Waals surface area contributed by atoms with Gasteiger partial charge in [0.15, 0.2) is 0 Å². The fourth-order valence-electron chi connectivity index (χ4n) is 3.26. The molecule has 5 nitrogen and oxygen atoms in total. The Morgan fingerprint density at radius 3 is 2.52 bits per heavy atom. The number of nitrogens with one attached hydrogen (secondary N) is 1. The molecule has 0 bridgehead atoms. The number of pyridine rings is 1. The zero-order valence-electron chi connectivity index (χ0n) is 17.9. The van der Waals surface area contributed by atoms with Crippen molar-refractivity contribution in [3.63, 3.8) is 0 Å². The minimum atomic E-state index is -4.59. The van der Waals surface area contributed by atoms with Gasteiger partial charge in [-0.05, 0) is 54.6 Å². The van der Waals surface area contributed by atoms with Crippen LogP contribution in [0.15, 0.2) is 78.0 Å². The lowest BCUT2D eigenvalue weighted by molar-refractivity contribution is -0.136. The molecule has 170 valence electrons. The minimum Gasteiger partial charge on any atom is -0.378 e. The molecule has 0 atom stereocenters. The van der Waals surface area contributed by atoms with Gasteiger partial charge in [-0.2, -0.15) is 13.2 Å². The number of imidazole rings is 1. The number of hydrogen-bond donors (Lipinski definition) is 1. The van der Waals surface area contributed by atoms with Crippen LogP contribution in [-0.4, -0.2) is 29.4 Å². The van der Waals surface area contributed by atoms with E-state index in [0.717, 1.165) is 22.3 Å². The molecule has 2 aromatic heterocycles. The summed E-state index contributed by atoms with van der Waals surface area (Å²) in [6, 6.07) is 16.4. The van der Waals surface area contributed by atoms with Crippen molar-refractivity contribution in [3.8, 4) is 0 Å². The Bertz CT molecular complexity index is 1250. The molecule has 1 N–H and O–H groups in total. The second kappa shape index (κ2) is 9.19. The number of carbonyl (C=O) groups excluding carboxylic acids is 1. The van der Waals surface area contributed by atoms with Crippen molar-refractivity contribution in [2.24, 2.45) is 0 Å². The Balaban J connectivity index is 1.44. The van der Waals surface area contributed by atoms with Crippen molar-refractivity contribution in [1.82, 2.24) is 9.38 Å². The molecule has 0 radical (unpaired) electrons. The van der Waals surface area contributed by atoms with E-state index in [1.807, 2.05) is 35.0 Å². The fraction of sp³-hybridized carbons (Fsp3) is 0.167. The first-order valence-corrected chi connectivity index (χ1v) is 11.0. The maximum atomic E-state index is 13.5. The van der Waals surface area contributed by atoms with E-state index in [1.165, 1.54) is 12.1 Å². The van der Waals surface area contributed by atoms with Gasteiger partial charge in [0.05, 0.1) is 16.9 Å². The second-order valence-electron chi connectivity index (χ2n) is 7.59. The number of aromatic nitrogens is 2. The smallest absolute Gasteiger partial charge is 0.378 e. The molecule has 0 saturated heterocycles. The summed E-state index contributed by atoms with van der Waals surface area (Å²) in [4.78, 5) is 19.6. The van der Waals surface area contributed by atoms with Gasteiger partial charge < -0.3 is 14.6 Å². The van der Waals surface area contributed by atoms with Crippen molar-refractivity contribution >= 4 is 34.7 Å². The summed E-state index contributed by atoms with van der Waals surface area (Å²) in [6.45, 7) is 0. The van der Waals surface area contributed by atoms with Crippen molar-refractivity contribution < 1.29 is 18.0 Å². The first-order chi connectivity index (χ1) is 15.7. The van der Waals surface area contributed by atoms with Crippen LogP contribution in [0.3, 0.4) is 0 Å². The number of fused-ring (bicyclic) bond motifs is 1. The molecule has 0 spiro atoms. The summed E-state index contributed by atoms with van der Waals surface area (Å²) in [5, 5.41) is 2.39. The van der Waals surface area contributed by atoms with Gasteiger partial charge in [0.1, 0.15) is 5.65 Å².